The second-order valence-electron chi connectivity index (χ2n) is 14.9. The Kier molecular flexibility index (Phi) is 48.6. The van der Waals surface area contributed by atoms with E-state index in [1.165, 1.54) is 26.2 Å². The molecule has 1 radical (unpaired) electrons. The van der Waals surface area contributed by atoms with Crippen molar-refractivity contribution in [3.8, 4) is 0 Å². The second kappa shape index (κ2) is 30.6. The molecule has 0 saturated carbocycles. The monoisotopic (exact) mass is 667 g/mol. The molecule has 0 aromatic heterocycles. The minimum absolute atomic E-state index is 0. The molecule has 7 nitrogen and oxygen atoms in total. The first kappa shape index (κ1) is 63.4. The van der Waals surface area contributed by atoms with E-state index in [-0.39, 0.29) is 42.0 Å². The maximum atomic E-state index is 10.3. The van der Waals surface area contributed by atoms with Crippen LogP contribution in [0, 0.1) is 0 Å². The van der Waals surface area contributed by atoms with Gasteiger partial charge in [-0.1, -0.05) is 40.5 Å². The molecular formula is C32H78NbO7. The van der Waals surface area contributed by atoms with Crippen molar-refractivity contribution in [3.05, 3.63) is 0 Å². The SMILES string of the molecule is C.CC(=O)CC(C)(C)O.CC(C)(C)O.CC(C)(C)O.CC(C)(C)O.CC(C)(C)O.CC(C)(C)O.CCCCC.[Nb]. The van der Waals surface area contributed by atoms with Crippen LogP contribution in [0.25, 0.3) is 0 Å². The van der Waals surface area contributed by atoms with Gasteiger partial charge in [-0.3, -0.25) is 4.79 Å². The molecule has 8 heteroatoms. The Bertz CT molecular complexity index is 379. The van der Waals surface area contributed by atoms with Gasteiger partial charge < -0.3 is 30.6 Å². The summed E-state index contributed by atoms with van der Waals surface area (Å²) < 4.78 is 0. The van der Waals surface area contributed by atoms with Crippen molar-refractivity contribution >= 4 is 5.78 Å². The zero-order valence-electron chi connectivity index (χ0n) is 29.9. The Balaban J connectivity index is -0.0000000401. The summed E-state index contributed by atoms with van der Waals surface area (Å²) in [6.45, 7) is 35.3. The van der Waals surface area contributed by atoms with Crippen molar-refractivity contribution in [2.75, 3.05) is 0 Å². The van der Waals surface area contributed by atoms with Crippen LogP contribution in [0.2, 0.25) is 0 Å². The van der Waals surface area contributed by atoms with E-state index in [1.54, 1.807) is 118 Å². The number of unbranched alkanes of at least 4 members (excludes halogenated alkanes) is 2. The van der Waals surface area contributed by atoms with Crippen LogP contribution in [0.3, 0.4) is 0 Å². The van der Waals surface area contributed by atoms with Gasteiger partial charge in [0.05, 0.1) is 33.6 Å². The molecule has 0 aromatic carbocycles. The molecule has 6 N–H and O–H groups in total. The van der Waals surface area contributed by atoms with Crippen LogP contribution >= 0.6 is 0 Å². The van der Waals surface area contributed by atoms with E-state index in [9.17, 15) is 4.79 Å². The number of carbonyl (C=O) groups is 1. The quantitative estimate of drug-likeness (QED) is 0.171. The fraction of sp³-hybridized carbons (Fsp3) is 0.969. The first-order chi connectivity index (χ1) is 15.8. The molecule has 0 saturated heterocycles. The number of Topliss-reactive ketones (excluding diaryl/α,β-unsaturated/α-hetero) is 1. The minimum atomic E-state index is -0.828. The van der Waals surface area contributed by atoms with Crippen molar-refractivity contribution in [2.24, 2.45) is 0 Å². The van der Waals surface area contributed by atoms with Gasteiger partial charge in [0.25, 0.3) is 0 Å². The second-order valence-corrected chi connectivity index (χ2v) is 14.9. The van der Waals surface area contributed by atoms with Gasteiger partial charge in [-0.15, -0.1) is 0 Å². The van der Waals surface area contributed by atoms with E-state index >= 15 is 0 Å². The Morgan fingerprint density at radius 1 is 0.475 bits per heavy atom. The fourth-order valence-corrected chi connectivity index (χ4v) is 0.963. The third-order valence-corrected chi connectivity index (χ3v) is 1.39. The third kappa shape index (κ3) is 1030. The predicted molar refractivity (Wildman–Crippen MR) is 173 cm³/mol. The zero-order chi connectivity index (χ0) is 33.4. The molecule has 0 rings (SSSR count). The van der Waals surface area contributed by atoms with Gasteiger partial charge in [-0.2, -0.15) is 0 Å². The van der Waals surface area contributed by atoms with Crippen LogP contribution in [-0.4, -0.2) is 70.0 Å². The molecule has 40 heavy (non-hydrogen) atoms. The molecule has 0 amide bonds. The Morgan fingerprint density at radius 3 is 0.600 bits per heavy atom. The Morgan fingerprint density at radius 2 is 0.600 bits per heavy atom. The molecule has 0 atom stereocenters. The van der Waals surface area contributed by atoms with E-state index in [1.807, 2.05) is 0 Å². The molecule has 0 aromatic rings. The van der Waals surface area contributed by atoms with Crippen molar-refractivity contribution in [2.45, 2.75) is 205 Å². The maximum Gasteiger partial charge on any atom is 0.132 e. The number of ketones is 1. The molecule has 0 fully saturated rings. The normalized spacial score (nSPS) is 10.8. The fourth-order valence-electron chi connectivity index (χ4n) is 0.963. The molecule has 0 bridgehead atoms. The third-order valence-electron chi connectivity index (χ3n) is 1.39. The van der Waals surface area contributed by atoms with Crippen LogP contribution in [0.4, 0.5) is 0 Å². The molecule has 0 spiro atoms. The summed E-state index contributed by atoms with van der Waals surface area (Å²) in [4.78, 5) is 10.3. The van der Waals surface area contributed by atoms with Gasteiger partial charge in [0.2, 0.25) is 0 Å². The van der Waals surface area contributed by atoms with Crippen molar-refractivity contribution < 1.29 is 57.8 Å². The average molecular weight is 668 g/mol. The number of aliphatic hydroxyl groups is 6. The summed E-state index contributed by atoms with van der Waals surface area (Å²) in [5, 5.41) is 51.6. The maximum absolute atomic E-state index is 10.3. The molecule has 0 aliphatic heterocycles. The van der Waals surface area contributed by atoms with Gasteiger partial charge in [0.15, 0.2) is 0 Å². The number of hydrogen-bond acceptors (Lipinski definition) is 7. The summed E-state index contributed by atoms with van der Waals surface area (Å²) in [6, 6.07) is 0. The van der Waals surface area contributed by atoms with Gasteiger partial charge in [-0.05, 0) is 125 Å². The minimum Gasteiger partial charge on any atom is -0.391 e. The van der Waals surface area contributed by atoms with Crippen LogP contribution in [0.5, 0.6) is 0 Å². The average Bonchev–Trinajstić information content (AvgIpc) is 2.35. The molecule has 0 aliphatic carbocycles. The largest absolute Gasteiger partial charge is 0.391 e. The summed E-state index contributed by atoms with van der Waals surface area (Å²) in [6.07, 6.45) is 4.32. The van der Waals surface area contributed by atoms with Crippen LogP contribution < -0.4 is 0 Å². The van der Waals surface area contributed by atoms with Crippen LogP contribution in [0.1, 0.15) is 172 Å². The summed E-state index contributed by atoms with van der Waals surface area (Å²) in [5.41, 5.74) is -3.33. The van der Waals surface area contributed by atoms with Gasteiger partial charge in [0.1, 0.15) is 5.78 Å². The van der Waals surface area contributed by atoms with Crippen LogP contribution in [0.15, 0.2) is 0 Å². The van der Waals surface area contributed by atoms with Crippen molar-refractivity contribution in [3.63, 3.8) is 0 Å². The number of rotatable bonds is 4. The van der Waals surface area contributed by atoms with Crippen LogP contribution in [-0.2, 0) is 27.2 Å². The van der Waals surface area contributed by atoms with Gasteiger partial charge in [-0.25, -0.2) is 0 Å². The molecule has 253 valence electrons. The number of hydrogen-bond donors (Lipinski definition) is 6. The van der Waals surface area contributed by atoms with E-state index in [0.717, 1.165) is 0 Å². The van der Waals surface area contributed by atoms with E-state index in [2.05, 4.69) is 13.8 Å². The Hall–Kier alpha value is 0.170. The molecule has 0 aliphatic rings. The first-order valence-corrected chi connectivity index (χ1v) is 13.7. The van der Waals surface area contributed by atoms with Crippen molar-refractivity contribution in [1.82, 2.24) is 0 Å². The van der Waals surface area contributed by atoms with E-state index in [4.69, 9.17) is 30.6 Å². The zero-order valence-corrected chi connectivity index (χ0v) is 32.1. The summed E-state index contributed by atoms with van der Waals surface area (Å²) >= 11 is 0. The number of carbonyl (C=O) groups excluding carboxylic acids is 1. The smallest absolute Gasteiger partial charge is 0.132 e. The predicted octanol–water partition coefficient (Wildman–Crippen LogP) is 7.45. The van der Waals surface area contributed by atoms with Gasteiger partial charge >= 0.3 is 0 Å². The summed E-state index contributed by atoms with van der Waals surface area (Å²) in [7, 11) is 0. The van der Waals surface area contributed by atoms with E-state index < -0.39 is 33.6 Å². The topological polar surface area (TPSA) is 138 Å². The molecule has 0 heterocycles. The Labute approximate surface area is 268 Å². The molecule has 0 unspecified atom stereocenters. The summed E-state index contributed by atoms with van der Waals surface area (Å²) in [5.74, 6) is 0.0255. The van der Waals surface area contributed by atoms with Gasteiger partial charge in [0, 0.05) is 28.8 Å². The standard InChI is InChI=1S/C6H12O2.C5H12.5C4H10O.CH4.Nb/c1-5(7)4-6(2,3)8;1-3-5-4-2;5*1-4(2,3)5;;/h8H,4H2,1-3H3;3-5H2,1-2H3;5*5H,1-3H3;1H4;. The molecular weight excluding hydrogens is 589 g/mol. The van der Waals surface area contributed by atoms with Crippen molar-refractivity contribution in [1.29, 1.82) is 0 Å². The van der Waals surface area contributed by atoms with E-state index in [0.29, 0.717) is 0 Å². The first-order valence-electron chi connectivity index (χ1n) is 13.7.